The smallest absolute Gasteiger partial charge is 0.253 e. The second-order valence-electron chi connectivity index (χ2n) is 3.85. The van der Waals surface area contributed by atoms with Crippen molar-refractivity contribution >= 4 is 11.7 Å². The molecule has 6 heteroatoms. The Hall–Kier alpha value is -2.47. The minimum atomic E-state index is -0.344. The summed E-state index contributed by atoms with van der Waals surface area (Å²) in [5.41, 5.74) is 3.18. The van der Waals surface area contributed by atoms with Gasteiger partial charge in [0.05, 0.1) is 5.56 Å². The topological polar surface area (TPSA) is 80.0 Å². The zero-order chi connectivity index (χ0) is 13.7. The number of nitrogens with zero attached hydrogens (tertiary/aromatic N) is 1. The Bertz CT molecular complexity index is 571. The molecular weight excluding hydrogens is 247 g/mol. The largest absolute Gasteiger partial charge is 0.348 e. The van der Waals surface area contributed by atoms with Crippen LogP contribution in [0, 0.1) is 5.82 Å². The molecule has 0 aliphatic heterocycles. The van der Waals surface area contributed by atoms with Crippen molar-refractivity contribution in [1.29, 1.82) is 0 Å². The zero-order valence-corrected chi connectivity index (χ0v) is 10.1. The lowest BCUT2D eigenvalue weighted by Gasteiger charge is -2.06. The van der Waals surface area contributed by atoms with E-state index in [1.54, 1.807) is 30.3 Å². The lowest BCUT2D eigenvalue weighted by Crippen LogP contribution is -2.23. The van der Waals surface area contributed by atoms with E-state index in [2.05, 4.69) is 15.7 Å². The Labute approximate surface area is 109 Å². The number of aromatic nitrogens is 1. The number of hydrogen-bond acceptors (Lipinski definition) is 4. The number of nitrogens with one attached hydrogen (secondary N) is 2. The summed E-state index contributed by atoms with van der Waals surface area (Å²) in [6, 6.07) is 9.45. The van der Waals surface area contributed by atoms with Crippen LogP contribution in [-0.2, 0) is 6.54 Å². The van der Waals surface area contributed by atoms with E-state index in [9.17, 15) is 9.18 Å². The number of hydrogen-bond donors (Lipinski definition) is 3. The third-order valence-electron chi connectivity index (χ3n) is 2.57. The summed E-state index contributed by atoms with van der Waals surface area (Å²) in [4.78, 5) is 15.7. The number of halogens is 1. The molecule has 0 saturated heterocycles. The van der Waals surface area contributed by atoms with Crippen molar-refractivity contribution in [2.75, 3.05) is 5.43 Å². The fourth-order valence-electron chi connectivity index (χ4n) is 1.53. The molecule has 0 spiro atoms. The van der Waals surface area contributed by atoms with E-state index in [1.807, 2.05) is 0 Å². The zero-order valence-electron chi connectivity index (χ0n) is 10.1. The molecular formula is C13H13FN4O. The highest BCUT2D eigenvalue weighted by Gasteiger charge is 2.07. The monoisotopic (exact) mass is 260 g/mol. The molecule has 2 aromatic rings. The molecule has 19 heavy (non-hydrogen) atoms. The minimum absolute atomic E-state index is 0.127. The van der Waals surface area contributed by atoms with Crippen molar-refractivity contribution < 1.29 is 9.18 Å². The number of nitrogen functional groups attached to an aromatic ring is 1. The van der Waals surface area contributed by atoms with Gasteiger partial charge >= 0.3 is 0 Å². The third-order valence-corrected chi connectivity index (χ3v) is 2.57. The fourth-order valence-corrected chi connectivity index (χ4v) is 1.53. The Kier molecular flexibility index (Phi) is 4.04. The Balaban J connectivity index is 1.99. The highest BCUT2D eigenvalue weighted by Crippen LogP contribution is 2.07. The van der Waals surface area contributed by atoms with Gasteiger partial charge in [0.2, 0.25) is 0 Å². The second kappa shape index (κ2) is 5.92. The summed E-state index contributed by atoms with van der Waals surface area (Å²) in [7, 11) is 0. The quantitative estimate of drug-likeness (QED) is 0.574. The number of hydrazine groups is 1. The lowest BCUT2D eigenvalue weighted by molar-refractivity contribution is 0.0950. The molecule has 98 valence electrons. The first-order valence-electron chi connectivity index (χ1n) is 5.65. The molecule has 4 N–H and O–H groups in total. The van der Waals surface area contributed by atoms with Gasteiger partial charge in [-0.3, -0.25) is 4.79 Å². The van der Waals surface area contributed by atoms with Gasteiger partial charge in [-0.25, -0.2) is 15.2 Å². The molecule has 0 bridgehead atoms. The molecule has 1 amide bonds. The van der Waals surface area contributed by atoms with Crippen LogP contribution in [0.2, 0.25) is 0 Å². The van der Waals surface area contributed by atoms with Gasteiger partial charge in [0.15, 0.2) is 0 Å². The van der Waals surface area contributed by atoms with Crippen molar-refractivity contribution in [3.05, 3.63) is 59.5 Å². The maximum atomic E-state index is 13.4. The van der Waals surface area contributed by atoms with E-state index in [4.69, 9.17) is 5.84 Å². The van der Waals surface area contributed by atoms with Crippen molar-refractivity contribution in [3.8, 4) is 0 Å². The van der Waals surface area contributed by atoms with E-state index >= 15 is 0 Å². The van der Waals surface area contributed by atoms with Crippen molar-refractivity contribution in [1.82, 2.24) is 10.3 Å². The molecule has 0 unspecified atom stereocenters. The Morgan fingerprint density at radius 2 is 2.05 bits per heavy atom. The summed E-state index contributed by atoms with van der Waals surface area (Å²) < 4.78 is 13.4. The molecule has 0 atom stereocenters. The molecule has 0 aliphatic rings. The molecule has 0 saturated carbocycles. The maximum absolute atomic E-state index is 13.4. The van der Waals surface area contributed by atoms with Crippen LogP contribution >= 0.6 is 0 Å². The summed E-state index contributed by atoms with van der Waals surface area (Å²) in [6.07, 6.45) is 1.39. The second-order valence-corrected chi connectivity index (χ2v) is 3.85. The average molecular weight is 260 g/mol. The van der Waals surface area contributed by atoms with Gasteiger partial charge < -0.3 is 10.7 Å². The number of carbonyl (C=O) groups excluding carboxylic acids is 1. The number of amides is 1. The van der Waals surface area contributed by atoms with E-state index in [-0.39, 0.29) is 18.3 Å². The number of anilines is 1. The van der Waals surface area contributed by atoms with Gasteiger partial charge in [-0.1, -0.05) is 18.2 Å². The molecule has 1 heterocycles. The van der Waals surface area contributed by atoms with Gasteiger partial charge in [0, 0.05) is 18.3 Å². The third kappa shape index (κ3) is 3.26. The maximum Gasteiger partial charge on any atom is 0.253 e. The van der Waals surface area contributed by atoms with Crippen LogP contribution < -0.4 is 16.6 Å². The summed E-state index contributed by atoms with van der Waals surface area (Å²) in [5, 5.41) is 2.62. The van der Waals surface area contributed by atoms with E-state index in [1.165, 1.54) is 12.3 Å². The summed E-state index contributed by atoms with van der Waals surface area (Å²) >= 11 is 0. The number of carbonyl (C=O) groups is 1. The van der Waals surface area contributed by atoms with Gasteiger partial charge in [0.25, 0.3) is 5.91 Å². The first-order chi connectivity index (χ1) is 9.20. The molecule has 0 radical (unpaired) electrons. The van der Waals surface area contributed by atoms with Crippen LogP contribution in [0.15, 0.2) is 42.6 Å². The van der Waals surface area contributed by atoms with Crippen molar-refractivity contribution in [2.24, 2.45) is 5.84 Å². The van der Waals surface area contributed by atoms with Crippen LogP contribution in [-0.4, -0.2) is 10.9 Å². The minimum Gasteiger partial charge on any atom is -0.348 e. The van der Waals surface area contributed by atoms with E-state index in [0.717, 1.165) is 0 Å². The number of pyridine rings is 1. The van der Waals surface area contributed by atoms with Crippen LogP contribution in [0.25, 0.3) is 0 Å². The predicted molar refractivity (Wildman–Crippen MR) is 69.6 cm³/mol. The molecule has 0 aliphatic carbocycles. The standard InChI is InChI=1S/C13H13FN4O/c14-11-4-2-1-3-9(11)7-17-13(19)10-5-6-12(18-15)16-8-10/h1-6,8H,7,15H2,(H,16,18)(H,17,19). The highest BCUT2D eigenvalue weighted by molar-refractivity contribution is 5.93. The first kappa shape index (κ1) is 13.0. The molecule has 1 aromatic heterocycles. The highest BCUT2D eigenvalue weighted by atomic mass is 19.1. The first-order valence-corrected chi connectivity index (χ1v) is 5.65. The van der Waals surface area contributed by atoms with Crippen LogP contribution in [0.5, 0.6) is 0 Å². The van der Waals surface area contributed by atoms with Gasteiger partial charge in [-0.15, -0.1) is 0 Å². The van der Waals surface area contributed by atoms with Gasteiger partial charge in [-0.05, 0) is 18.2 Å². The van der Waals surface area contributed by atoms with Crippen molar-refractivity contribution in [3.63, 3.8) is 0 Å². The summed E-state index contributed by atoms with van der Waals surface area (Å²) in [5.74, 6) is 4.97. The lowest BCUT2D eigenvalue weighted by atomic mass is 10.2. The SMILES string of the molecule is NNc1ccc(C(=O)NCc2ccccc2F)cn1. The number of rotatable bonds is 4. The number of nitrogens with two attached hydrogens (primary N) is 1. The summed E-state index contributed by atoms with van der Waals surface area (Å²) in [6.45, 7) is 0.127. The van der Waals surface area contributed by atoms with Gasteiger partial charge in [0.1, 0.15) is 11.6 Å². The van der Waals surface area contributed by atoms with Crippen LogP contribution in [0.4, 0.5) is 10.2 Å². The normalized spacial score (nSPS) is 10.0. The van der Waals surface area contributed by atoms with Gasteiger partial charge in [-0.2, -0.15) is 0 Å². The molecule has 1 aromatic carbocycles. The predicted octanol–water partition coefficient (Wildman–Crippen LogP) is 1.44. The molecule has 2 rings (SSSR count). The number of benzene rings is 1. The Morgan fingerprint density at radius 3 is 2.68 bits per heavy atom. The van der Waals surface area contributed by atoms with E-state index in [0.29, 0.717) is 16.9 Å². The van der Waals surface area contributed by atoms with E-state index < -0.39 is 0 Å². The van der Waals surface area contributed by atoms with Crippen molar-refractivity contribution in [2.45, 2.75) is 6.54 Å². The molecule has 0 fully saturated rings. The Morgan fingerprint density at radius 1 is 1.26 bits per heavy atom. The molecule has 5 nitrogen and oxygen atoms in total. The van der Waals surface area contributed by atoms with Crippen LogP contribution in [0.3, 0.4) is 0 Å². The van der Waals surface area contributed by atoms with Crippen LogP contribution in [0.1, 0.15) is 15.9 Å². The fraction of sp³-hybridized carbons (Fsp3) is 0.0769. The average Bonchev–Trinajstić information content (AvgIpc) is 2.46.